The fourth-order valence-corrected chi connectivity index (χ4v) is 2.83. The SMILES string of the molecule is CCCCC(=O)OC(CC)(OC(=O)CCCC)C(CC)CCC. The third-order valence-corrected chi connectivity index (χ3v) is 4.29. The summed E-state index contributed by atoms with van der Waals surface area (Å²) in [6.07, 6.45) is 7.42. The zero-order chi connectivity index (χ0) is 17.7. The lowest BCUT2D eigenvalue weighted by atomic mass is 9.88. The number of ether oxygens (including phenoxy) is 2. The molecule has 1 atom stereocenters. The molecule has 0 aliphatic carbocycles. The Morgan fingerprint density at radius 3 is 1.61 bits per heavy atom. The van der Waals surface area contributed by atoms with E-state index in [1.54, 1.807) is 0 Å². The summed E-state index contributed by atoms with van der Waals surface area (Å²) in [5.41, 5.74) is 0. The van der Waals surface area contributed by atoms with Gasteiger partial charge >= 0.3 is 11.9 Å². The van der Waals surface area contributed by atoms with E-state index in [2.05, 4.69) is 13.8 Å². The average molecular weight is 328 g/mol. The summed E-state index contributed by atoms with van der Waals surface area (Å²) in [7, 11) is 0. The molecule has 23 heavy (non-hydrogen) atoms. The largest absolute Gasteiger partial charge is 0.422 e. The van der Waals surface area contributed by atoms with Crippen LogP contribution in [0.15, 0.2) is 0 Å². The molecule has 136 valence electrons. The Hall–Kier alpha value is -1.06. The van der Waals surface area contributed by atoms with Gasteiger partial charge in [-0.2, -0.15) is 0 Å². The second kappa shape index (κ2) is 12.4. The second-order valence-electron chi connectivity index (χ2n) is 6.21. The maximum Gasteiger partial charge on any atom is 0.309 e. The van der Waals surface area contributed by atoms with Gasteiger partial charge in [-0.05, 0) is 25.7 Å². The molecular formula is C19H36O4. The Morgan fingerprint density at radius 2 is 1.30 bits per heavy atom. The normalized spacial score (nSPS) is 12.7. The van der Waals surface area contributed by atoms with Crippen molar-refractivity contribution in [2.75, 3.05) is 0 Å². The minimum atomic E-state index is -1.10. The van der Waals surface area contributed by atoms with Gasteiger partial charge in [0.2, 0.25) is 0 Å². The first-order valence-corrected chi connectivity index (χ1v) is 9.43. The van der Waals surface area contributed by atoms with Gasteiger partial charge in [-0.3, -0.25) is 9.59 Å². The topological polar surface area (TPSA) is 52.6 Å². The van der Waals surface area contributed by atoms with Gasteiger partial charge in [0.25, 0.3) is 5.79 Å². The maximum absolute atomic E-state index is 12.2. The first-order chi connectivity index (χ1) is 11.0. The van der Waals surface area contributed by atoms with Gasteiger partial charge in [0.05, 0.1) is 0 Å². The average Bonchev–Trinajstić information content (AvgIpc) is 2.55. The van der Waals surface area contributed by atoms with Gasteiger partial charge in [-0.15, -0.1) is 0 Å². The molecule has 4 nitrogen and oxygen atoms in total. The Balaban J connectivity index is 5.18. The minimum absolute atomic E-state index is 0.0497. The van der Waals surface area contributed by atoms with Crippen LogP contribution in [-0.4, -0.2) is 17.7 Å². The summed E-state index contributed by atoms with van der Waals surface area (Å²) < 4.78 is 11.5. The van der Waals surface area contributed by atoms with Crippen molar-refractivity contribution in [1.29, 1.82) is 0 Å². The molecule has 0 aliphatic rings. The van der Waals surface area contributed by atoms with E-state index in [1.807, 2.05) is 20.8 Å². The first-order valence-electron chi connectivity index (χ1n) is 9.43. The highest BCUT2D eigenvalue weighted by Gasteiger charge is 2.43. The first kappa shape index (κ1) is 21.9. The van der Waals surface area contributed by atoms with Gasteiger partial charge in [0.1, 0.15) is 0 Å². The predicted molar refractivity (Wildman–Crippen MR) is 92.9 cm³/mol. The maximum atomic E-state index is 12.2. The lowest BCUT2D eigenvalue weighted by Gasteiger charge is -2.38. The zero-order valence-electron chi connectivity index (χ0n) is 15.8. The molecule has 1 unspecified atom stereocenters. The molecule has 0 aromatic carbocycles. The molecule has 0 aromatic heterocycles. The smallest absolute Gasteiger partial charge is 0.309 e. The number of esters is 2. The molecule has 0 rings (SSSR count). The summed E-state index contributed by atoms with van der Waals surface area (Å²) in [5.74, 6) is -1.56. The molecule has 0 N–H and O–H groups in total. The monoisotopic (exact) mass is 328 g/mol. The van der Waals surface area contributed by atoms with E-state index < -0.39 is 5.79 Å². The van der Waals surface area contributed by atoms with Crippen molar-refractivity contribution in [3.63, 3.8) is 0 Å². The minimum Gasteiger partial charge on any atom is -0.422 e. The van der Waals surface area contributed by atoms with Crippen molar-refractivity contribution in [2.45, 2.75) is 105 Å². The lowest BCUT2D eigenvalue weighted by Crippen LogP contribution is -2.46. The molecule has 0 heterocycles. The predicted octanol–water partition coefficient (Wildman–Crippen LogP) is 5.39. The fraction of sp³-hybridized carbons (Fsp3) is 0.895. The summed E-state index contributed by atoms with van der Waals surface area (Å²) >= 11 is 0. The molecule has 0 aromatic rings. The van der Waals surface area contributed by atoms with Gasteiger partial charge < -0.3 is 9.47 Å². The van der Waals surface area contributed by atoms with Crippen LogP contribution in [0, 0.1) is 5.92 Å². The van der Waals surface area contributed by atoms with Gasteiger partial charge in [-0.1, -0.05) is 53.9 Å². The number of carbonyl (C=O) groups is 2. The number of rotatable bonds is 13. The summed E-state index contributed by atoms with van der Waals surface area (Å²) in [5, 5.41) is 0. The van der Waals surface area contributed by atoms with E-state index in [0.717, 1.165) is 44.9 Å². The quantitative estimate of drug-likeness (QED) is 0.336. The zero-order valence-corrected chi connectivity index (χ0v) is 15.8. The van der Waals surface area contributed by atoms with Crippen molar-refractivity contribution < 1.29 is 19.1 Å². The van der Waals surface area contributed by atoms with E-state index in [1.165, 1.54) is 0 Å². The fourth-order valence-electron chi connectivity index (χ4n) is 2.83. The van der Waals surface area contributed by atoms with Crippen LogP contribution in [0.25, 0.3) is 0 Å². The third-order valence-electron chi connectivity index (χ3n) is 4.29. The number of hydrogen-bond acceptors (Lipinski definition) is 4. The number of hydrogen-bond donors (Lipinski definition) is 0. The van der Waals surface area contributed by atoms with Crippen LogP contribution in [0.5, 0.6) is 0 Å². The van der Waals surface area contributed by atoms with E-state index in [4.69, 9.17) is 9.47 Å². The molecule has 4 heteroatoms. The molecule has 0 radical (unpaired) electrons. The highest BCUT2D eigenvalue weighted by molar-refractivity contribution is 5.72. The van der Waals surface area contributed by atoms with E-state index in [-0.39, 0.29) is 17.9 Å². The molecule has 0 amide bonds. The second-order valence-corrected chi connectivity index (χ2v) is 6.21. The number of carbonyl (C=O) groups excluding carboxylic acids is 2. The van der Waals surface area contributed by atoms with E-state index in [0.29, 0.717) is 19.3 Å². The lowest BCUT2D eigenvalue weighted by molar-refractivity contribution is -0.251. The van der Waals surface area contributed by atoms with Crippen molar-refractivity contribution >= 4 is 11.9 Å². The Bertz CT molecular complexity index is 316. The Morgan fingerprint density at radius 1 is 0.826 bits per heavy atom. The van der Waals surface area contributed by atoms with Crippen LogP contribution in [0.2, 0.25) is 0 Å². The van der Waals surface area contributed by atoms with Crippen LogP contribution in [0.1, 0.15) is 98.8 Å². The van der Waals surface area contributed by atoms with Crippen molar-refractivity contribution in [2.24, 2.45) is 5.92 Å². The van der Waals surface area contributed by atoms with Crippen molar-refractivity contribution in [3.8, 4) is 0 Å². The standard InChI is InChI=1S/C19H36O4/c1-6-11-14-17(20)22-19(10-5,16(9-4)13-8-3)23-18(21)15-12-7-2/h16H,6-15H2,1-5H3. The van der Waals surface area contributed by atoms with E-state index in [9.17, 15) is 9.59 Å². The molecule has 0 bridgehead atoms. The van der Waals surface area contributed by atoms with Crippen molar-refractivity contribution in [1.82, 2.24) is 0 Å². The summed E-state index contributed by atoms with van der Waals surface area (Å²) in [6.45, 7) is 10.2. The van der Waals surface area contributed by atoms with Gasteiger partial charge in [-0.25, -0.2) is 0 Å². The van der Waals surface area contributed by atoms with Crippen LogP contribution < -0.4 is 0 Å². The Labute approximate surface area is 142 Å². The Kier molecular flexibility index (Phi) is 11.8. The third kappa shape index (κ3) is 7.85. The highest BCUT2D eigenvalue weighted by atomic mass is 16.7. The molecule has 0 saturated heterocycles. The van der Waals surface area contributed by atoms with Gasteiger partial charge in [0, 0.05) is 25.2 Å². The number of unbranched alkanes of at least 4 members (excludes halogenated alkanes) is 2. The molecular weight excluding hydrogens is 292 g/mol. The molecule has 0 fully saturated rings. The summed E-state index contributed by atoms with van der Waals surface area (Å²) in [4.78, 5) is 24.4. The van der Waals surface area contributed by atoms with E-state index >= 15 is 0 Å². The summed E-state index contributed by atoms with van der Waals surface area (Å²) in [6, 6.07) is 0. The van der Waals surface area contributed by atoms with Gasteiger partial charge in [0.15, 0.2) is 0 Å². The molecule has 0 spiro atoms. The molecule has 0 saturated carbocycles. The van der Waals surface area contributed by atoms with Crippen LogP contribution in [0.4, 0.5) is 0 Å². The highest BCUT2D eigenvalue weighted by Crippen LogP contribution is 2.35. The van der Waals surface area contributed by atoms with Crippen LogP contribution in [0.3, 0.4) is 0 Å². The van der Waals surface area contributed by atoms with Crippen molar-refractivity contribution in [3.05, 3.63) is 0 Å². The molecule has 0 aliphatic heterocycles. The van der Waals surface area contributed by atoms with Crippen LogP contribution >= 0.6 is 0 Å². The van der Waals surface area contributed by atoms with Crippen LogP contribution in [-0.2, 0) is 19.1 Å².